The highest BCUT2D eigenvalue weighted by Gasteiger charge is 2.50. The molecule has 0 aromatic carbocycles. The van der Waals surface area contributed by atoms with E-state index >= 15 is 0 Å². The van der Waals surface area contributed by atoms with Gasteiger partial charge in [0.1, 0.15) is 17.5 Å². The minimum atomic E-state index is -1.89. The Morgan fingerprint density at radius 3 is 2.68 bits per heavy atom. The minimum absolute atomic E-state index is 0.254. The third kappa shape index (κ3) is 2.66. The van der Waals surface area contributed by atoms with Crippen molar-refractivity contribution in [1.82, 2.24) is 0 Å². The molecular formula is C17H22O5. The van der Waals surface area contributed by atoms with Crippen LogP contribution in [-0.2, 0) is 14.3 Å². The van der Waals surface area contributed by atoms with Gasteiger partial charge < -0.3 is 14.9 Å². The lowest BCUT2D eigenvalue weighted by Crippen LogP contribution is -2.53. The van der Waals surface area contributed by atoms with Gasteiger partial charge in [-0.3, -0.25) is 9.59 Å². The predicted molar refractivity (Wildman–Crippen MR) is 80.6 cm³/mol. The van der Waals surface area contributed by atoms with E-state index in [0.29, 0.717) is 23.3 Å². The minimum Gasteiger partial charge on any atom is -0.469 e. The zero-order valence-corrected chi connectivity index (χ0v) is 13.3. The molecule has 1 heterocycles. The molecule has 0 aromatic heterocycles. The molecule has 0 amide bonds. The molecule has 5 nitrogen and oxygen atoms in total. The summed E-state index contributed by atoms with van der Waals surface area (Å²) < 4.78 is 5.32. The topological polar surface area (TPSA) is 83.8 Å². The number of carbonyl (C=O) groups is 2. The maximum atomic E-state index is 12.7. The van der Waals surface area contributed by atoms with E-state index in [1.54, 1.807) is 19.9 Å². The molecule has 0 bridgehead atoms. The third-order valence-electron chi connectivity index (χ3n) is 4.48. The molecule has 4 unspecified atom stereocenters. The van der Waals surface area contributed by atoms with Crippen molar-refractivity contribution in [3.05, 3.63) is 35.3 Å². The first-order chi connectivity index (χ1) is 10.2. The van der Waals surface area contributed by atoms with Crippen molar-refractivity contribution in [2.45, 2.75) is 45.8 Å². The number of ketones is 2. The van der Waals surface area contributed by atoms with Gasteiger partial charge in [0.2, 0.25) is 0 Å². The normalized spacial score (nSPS) is 30.4. The van der Waals surface area contributed by atoms with Crippen LogP contribution in [0.25, 0.3) is 0 Å². The van der Waals surface area contributed by atoms with E-state index in [2.05, 4.69) is 0 Å². The summed E-state index contributed by atoms with van der Waals surface area (Å²) in [5.74, 6) is -1.89. The van der Waals surface area contributed by atoms with Crippen molar-refractivity contribution >= 4 is 11.6 Å². The fourth-order valence-corrected chi connectivity index (χ4v) is 2.76. The maximum Gasteiger partial charge on any atom is 0.188 e. The van der Waals surface area contributed by atoms with Crippen LogP contribution in [0.5, 0.6) is 0 Å². The van der Waals surface area contributed by atoms with Crippen LogP contribution < -0.4 is 0 Å². The van der Waals surface area contributed by atoms with Crippen molar-refractivity contribution < 1.29 is 24.5 Å². The molecule has 120 valence electrons. The lowest BCUT2D eigenvalue weighted by Gasteiger charge is -2.38. The van der Waals surface area contributed by atoms with Gasteiger partial charge in [-0.25, -0.2) is 0 Å². The standard InChI is InChI=1S/C17H22O5/c1-5-9(2)15(19)16(20)14-12-8-22-10(3)6-11(12)7-13(18)17(14,4)21/h6-9,14-15,19,21H,5H2,1-4H3. The van der Waals surface area contributed by atoms with Crippen molar-refractivity contribution in [2.24, 2.45) is 11.8 Å². The van der Waals surface area contributed by atoms with E-state index in [1.165, 1.54) is 19.3 Å². The van der Waals surface area contributed by atoms with Crippen molar-refractivity contribution in [3.63, 3.8) is 0 Å². The van der Waals surface area contributed by atoms with Crippen molar-refractivity contribution in [2.75, 3.05) is 0 Å². The quantitative estimate of drug-likeness (QED) is 0.825. The van der Waals surface area contributed by atoms with E-state index in [0.717, 1.165) is 0 Å². The highest BCUT2D eigenvalue weighted by Crippen LogP contribution is 2.40. The van der Waals surface area contributed by atoms with Gasteiger partial charge >= 0.3 is 0 Å². The number of rotatable bonds is 4. The van der Waals surface area contributed by atoms with Gasteiger partial charge in [-0.15, -0.1) is 0 Å². The molecule has 2 aliphatic rings. The van der Waals surface area contributed by atoms with Gasteiger partial charge in [0.05, 0.1) is 12.2 Å². The van der Waals surface area contributed by atoms with Gasteiger partial charge in [0.15, 0.2) is 11.6 Å². The third-order valence-corrected chi connectivity index (χ3v) is 4.48. The molecule has 0 radical (unpaired) electrons. The summed E-state index contributed by atoms with van der Waals surface area (Å²) in [5, 5.41) is 20.8. The van der Waals surface area contributed by atoms with E-state index in [4.69, 9.17) is 4.74 Å². The first-order valence-electron chi connectivity index (χ1n) is 7.45. The fraction of sp³-hybridized carbons (Fsp3) is 0.529. The number of allylic oxidation sites excluding steroid dienone is 3. The Kier molecular flexibility index (Phi) is 4.40. The number of carbonyl (C=O) groups excluding carboxylic acids is 2. The molecule has 4 atom stereocenters. The molecule has 0 aromatic rings. The summed E-state index contributed by atoms with van der Waals surface area (Å²) >= 11 is 0. The molecule has 2 rings (SSSR count). The zero-order chi connectivity index (χ0) is 16.7. The summed E-state index contributed by atoms with van der Waals surface area (Å²) in [6.07, 6.45) is 3.73. The van der Waals surface area contributed by atoms with Crippen LogP contribution in [0.15, 0.2) is 35.3 Å². The number of fused-ring (bicyclic) bond motifs is 1. The largest absolute Gasteiger partial charge is 0.469 e. The molecular weight excluding hydrogens is 284 g/mol. The van der Waals surface area contributed by atoms with Gasteiger partial charge in [-0.1, -0.05) is 20.3 Å². The van der Waals surface area contributed by atoms with Crippen molar-refractivity contribution in [3.8, 4) is 0 Å². The van der Waals surface area contributed by atoms with Gasteiger partial charge in [0, 0.05) is 5.57 Å². The Hall–Kier alpha value is -1.72. The van der Waals surface area contributed by atoms with Crippen LogP contribution >= 0.6 is 0 Å². The zero-order valence-electron chi connectivity index (χ0n) is 13.3. The van der Waals surface area contributed by atoms with Gasteiger partial charge in [0.25, 0.3) is 0 Å². The Bertz CT molecular complexity index is 594. The summed E-state index contributed by atoms with van der Waals surface area (Å²) in [6.45, 7) is 6.66. The number of ether oxygens (including phenoxy) is 1. The van der Waals surface area contributed by atoms with Crippen LogP contribution in [0.1, 0.15) is 34.1 Å². The fourth-order valence-electron chi connectivity index (χ4n) is 2.76. The second-order valence-corrected chi connectivity index (χ2v) is 6.22. The number of aliphatic hydroxyl groups is 2. The molecule has 5 heteroatoms. The first-order valence-corrected chi connectivity index (χ1v) is 7.45. The highest BCUT2D eigenvalue weighted by molar-refractivity contribution is 6.06. The SMILES string of the molecule is CCC(C)C(O)C(=O)C1C2=COC(C)=CC2=CC(=O)C1(C)O. The molecule has 1 aliphatic heterocycles. The summed E-state index contributed by atoms with van der Waals surface area (Å²) in [6, 6.07) is 0. The second-order valence-electron chi connectivity index (χ2n) is 6.22. The molecule has 22 heavy (non-hydrogen) atoms. The second kappa shape index (κ2) is 5.82. The number of hydrogen-bond donors (Lipinski definition) is 2. The first kappa shape index (κ1) is 16.6. The Morgan fingerprint density at radius 1 is 1.45 bits per heavy atom. The molecule has 0 saturated heterocycles. The number of Topliss-reactive ketones (excluding diaryl/α,β-unsaturated/α-hetero) is 1. The van der Waals surface area contributed by atoms with Crippen LogP contribution in [-0.4, -0.2) is 33.5 Å². The lowest BCUT2D eigenvalue weighted by atomic mass is 9.69. The summed E-state index contributed by atoms with van der Waals surface area (Å²) in [7, 11) is 0. The molecule has 0 fully saturated rings. The van der Waals surface area contributed by atoms with Crippen LogP contribution in [0, 0.1) is 11.8 Å². The summed E-state index contributed by atoms with van der Waals surface area (Å²) in [5.41, 5.74) is -0.902. The summed E-state index contributed by atoms with van der Waals surface area (Å²) in [4.78, 5) is 24.9. The average molecular weight is 306 g/mol. The van der Waals surface area contributed by atoms with Gasteiger partial charge in [-0.05, 0) is 37.5 Å². The number of hydrogen-bond acceptors (Lipinski definition) is 5. The molecule has 1 aliphatic carbocycles. The Balaban J connectivity index is 2.47. The van der Waals surface area contributed by atoms with Crippen LogP contribution in [0.2, 0.25) is 0 Å². The Morgan fingerprint density at radius 2 is 2.09 bits per heavy atom. The monoisotopic (exact) mass is 306 g/mol. The van der Waals surface area contributed by atoms with Gasteiger partial charge in [-0.2, -0.15) is 0 Å². The molecule has 0 saturated carbocycles. The van der Waals surface area contributed by atoms with E-state index < -0.39 is 29.2 Å². The predicted octanol–water partition coefficient (Wildman–Crippen LogP) is 1.66. The van der Waals surface area contributed by atoms with Crippen molar-refractivity contribution in [1.29, 1.82) is 0 Å². The highest BCUT2D eigenvalue weighted by atomic mass is 16.5. The average Bonchev–Trinajstić information content (AvgIpc) is 2.46. The molecule has 2 N–H and O–H groups in total. The van der Waals surface area contributed by atoms with Crippen LogP contribution in [0.3, 0.4) is 0 Å². The maximum absolute atomic E-state index is 12.7. The lowest BCUT2D eigenvalue weighted by molar-refractivity contribution is -0.149. The van der Waals surface area contributed by atoms with E-state index in [9.17, 15) is 19.8 Å². The smallest absolute Gasteiger partial charge is 0.188 e. The number of aliphatic hydroxyl groups excluding tert-OH is 1. The van der Waals surface area contributed by atoms with E-state index in [-0.39, 0.29) is 5.92 Å². The Labute approximate surface area is 130 Å². The van der Waals surface area contributed by atoms with Crippen LogP contribution in [0.4, 0.5) is 0 Å². The molecule has 0 spiro atoms. The van der Waals surface area contributed by atoms with E-state index in [1.807, 2.05) is 6.92 Å².